The quantitative estimate of drug-likeness (QED) is 0.165. The number of halogens is 1. The lowest BCUT2D eigenvalue weighted by Crippen LogP contribution is -2.68. The van der Waals surface area contributed by atoms with Crippen molar-refractivity contribution < 1.29 is 39.9 Å². The normalized spacial score (nSPS) is 33.1. The second kappa shape index (κ2) is 7.44. The zero-order valence-electron chi connectivity index (χ0n) is 18.4. The molecule has 0 spiro atoms. The molecule has 3 aliphatic carbocycles. The molecule has 0 fully saturated rings. The fourth-order valence-electron chi connectivity index (χ4n) is 5.67. The average Bonchev–Trinajstić information content (AvgIpc) is 2.74. The van der Waals surface area contributed by atoms with E-state index in [0.717, 1.165) is 0 Å². The predicted octanol–water partition coefficient (Wildman–Crippen LogP) is -0.112. The van der Waals surface area contributed by atoms with E-state index in [1.54, 1.807) is 6.92 Å². The van der Waals surface area contributed by atoms with Gasteiger partial charge in [-0.1, -0.05) is 18.5 Å². The SMILES string of the molecule is C[C@H]1c2cc(Cl)c(N)c(O)c2C(=O)C2=C(O)[C@@]3(O)C(=O)C(C(N)=O)=C(O)[C@@H](N(C)C)[C@@H]3[C@@H](O)[C@@H]21. The first-order chi connectivity index (χ1) is 15.7. The molecule has 0 aromatic heterocycles. The minimum absolute atomic E-state index is 0.0277. The Labute approximate surface area is 198 Å². The maximum absolute atomic E-state index is 13.5. The molecule has 0 radical (unpaired) electrons. The molecule has 6 atom stereocenters. The van der Waals surface area contributed by atoms with Crippen LogP contribution >= 0.6 is 11.6 Å². The van der Waals surface area contributed by atoms with Gasteiger partial charge in [-0.15, -0.1) is 0 Å². The number of aromatic hydroxyl groups is 1. The largest absolute Gasteiger partial charge is 0.510 e. The van der Waals surface area contributed by atoms with E-state index in [9.17, 15) is 39.9 Å². The van der Waals surface area contributed by atoms with E-state index in [0.29, 0.717) is 0 Å². The van der Waals surface area contributed by atoms with E-state index in [1.165, 1.54) is 25.1 Å². The molecule has 1 amide bonds. The molecule has 0 heterocycles. The number of primary amides is 1. The van der Waals surface area contributed by atoms with Crippen LogP contribution in [0.2, 0.25) is 5.02 Å². The second-order valence-electron chi connectivity index (χ2n) is 9.14. The van der Waals surface area contributed by atoms with E-state index in [1.807, 2.05) is 0 Å². The van der Waals surface area contributed by atoms with Crippen molar-refractivity contribution in [2.24, 2.45) is 17.6 Å². The molecule has 4 rings (SSSR count). The molecule has 0 aliphatic heterocycles. The zero-order chi connectivity index (χ0) is 25.6. The van der Waals surface area contributed by atoms with Crippen LogP contribution in [-0.4, -0.2) is 79.7 Å². The lowest BCUT2D eigenvalue weighted by Gasteiger charge is -2.53. The Kier molecular flexibility index (Phi) is 5.26. The fourth-order valence-corrected chi connectivity index (χ4v) is 5.87. The van der Waals surface area contributed by atoms with Gasteiger partial charge in [0.2, 0.25) is 5.78 Å². The van der Waals surface area contributed by atoms with Gasteiger partial charge in [0.25, 0.3) is 5.91 Å². The van der Waals surface area contributed by atoms with Gasteiger partial charge in [0, 0.05) is 11.5 Å². The van der Waals surface area contributed by atoms with E-state index in [-0.39, 0.29) is 21.8 Å². The maximum atomic E-state index is 13.5. The van der Waals surface area contributed by atoms with Crippen LogP contribution in [0.1, 0.15) is 28.8 Å². The number of phenolic OH excluding ortho intramolecular Hbond substituents is 1. The van der Waals surface area contributed by atoms with Gasteiger partial charge in [0.1, 0.15) is 17.1 Å². The number of nitrogen functional groups attached to an aromatic ring is 1. The number of rotatable bonds is 2. The number of Topliss-reactive ketones (excluding diaryl/α,β-unsaturated/α-hetero) is 2. The lowest BCUT2D eigenvalue weighted by molar-refractivity contribution is -0.162. The molecule has 182 valence electrons. The Hall–Kier alpha value is -3.12. The minimum atomic E-state index is -2.96. The molecule has 9 N–H and O–H groups in total. The topological polar surface area (TPSA) is 208 Å². The van der Waals surface area contributed by atoms with Crippen LogP contribution in [0.15, 0.2) is 28.7 Å². The highest BCUT2D eigenvalue weighted by Crippen LogP contribution is 2.56. The molecule has 0 unspecified atom stereocenters. The van der Waals surface area contributed by atoms with Crippen molar-refractivity contribution in [1.29, 1.82) is 0 Å². The number of amides is 1. The molecule has 0 saturated carbocycles. The van der Waals surface area contributed by atoms with Gasteiger partial charge in [-0.25, -0.2) is 0 Å². The Morgan fingerprint density at radius 3 is 2.32 bits per heavy atom. The van der Waals surface area contributed by atoms with Gasteiger partial charge < -0.3 is 37.0 Å². The summed E-state index contributed by atoms with van der Waals surface area (Å²) < 4.78 is 0. The minimum Gasteiger partial charge on any atom is -0.510 e. The van der Waals surface area contributed by atoms with Gasteiger partial charge in [0.05, 0.1) is 34.3 Å². The van der Waals surface area contributed by atoms with Crippen molar-refractivity contribution >= 4 is 34.8 Å². The summed E-state index contributed by atoms with van der Waals surface area (Å²) in [5.74, 6) is -9.78. The van der Waals surface area contributed by atoms with Gasteiger partial charge in [-0.2, -0.15) is 0 Å². The van der Waals surface area contributed by atoms with Crippen molar-refractivity contribution in [3.8, 4) is 5.75 Å². The Bertz CT molecular complexity index is 1240. The number of anilines is 1. The first-order valence-electron chi connectivity index (χ1n) is 10.3. The Morgan fingerprint density at radius 2 is 1.79 bits per heavy atom. The number of hydrogen-bond donors (Lipinski definition) is 7. The highest BCUT2D eigenvalue weighted by atomic mass is 35.5. The summed E-state index contributed by atoms with van der Waals surface area (Å²) in [5, 5.41) is 55.5. The molecule has 3 aliphatic rings. The van der Waals surface area contributed by atoms with Crippen molar-refractivity contribution in [1.82, 2.24) is 4.90 Å². The number of likely N-dealkylation sites (N-methyl/N-ethyl adjacent to an activating group) is 1. The van der Waals surface area contributed by atoms with Crippen molar-refractivity contribution in [3.05, 3.63) is 44.9 Å². The number of nitrogens with two attached hydrogens (primary N) is 2. The van der Waals surface area contributed by atoms with E-state index < -0.39 is 81.4 Å². The smallest absolute Gasteiger partial charge is 0.255 e. The molecule has 1 aromatic rings. The van der Waals surface area contributed by atoms with E-state index >= 15 is 0 Å². The van der Waals surface area contributed by atoms with Crippen LogP contribution in [0.5, 0.6) is 5.75 Å². The maximum Gasteiger partial charge on any atom is 0.255 e. The summed E-state index contributed by atoms with van der Waals surface area (Å²) in [4.78, 5) is 40.1. The third-order valence-corrected chi connectivity index (χ3v) is 7.55. The Morgan fingerprint density at radius 1 is 1.21 bits per heavy atom. The molecule has 1 aromatic carbocycles. The van der Waals surface area contributed by atoms with Crippen LogP contribution in [0, 0.1) is 11.8 Å². The summed E-state index contributed by atoms with van der Waals surface area (Å²) in [6, 6.07) is 0.0458. The number of phenols is 1. The number of ketones is 2. The molecular formula is C22H24ClN3O8. The molecule has 0 bridgehead atoms. The summed E-state index contributed by atoms with van der Waals surface area (Å²) in [6.45, 7) is 1.60. The number of benzene rings is 1. The van der Waals surface area contributed by atoms with Gasteiger partial charge >= 0.3 is 0 Å². The number of fused-ring (bicyclic) bond motifs is 3. The van der Waals surface area contributed by atoms with E-state index in [2.05, 4.69) is 0 Å². The fraction of sp³-hybridized carbons (Fsp3) is 0.409. The highest BCUT2D eigenvalue weighted by Gasteiger charge is 2.67. The van der Waals surface area contributed by atoms with Gasteiger partial charge in [0.15, 0.2) is 17.1 Å². The molecule has 11 nitrogen and oxygen atoms in total. The third kappa shape index (κ3) is 2.72. The van der Waals surface area contributed by atoms with Crippen LogP contribution < -0.4 is 11.5 Å². The number of carbonyl (C=O) groups is 3. The average molecular weight is 494 g/mol. The van der Waals surface area contributed by atoms with E-state index in [4.69, 9.17) is 23.1 Å². The first kappa shape index (κ1) is 24.0. The van der Waals surface area contributed by atoms with Crippen LogP contribution in [0.4, 0.5) is 5.69 Å². The predicted molar refractivity (Wildman–Crippen MR) is 119 cm³/mol. The summed E-state index contributed by atoms with van der Waals surface area (Å²) in [6.07, 6.45) is -1.67. The lowest BCUT2D eigenvalue weighted by atomic mass is 9.55. The summed E-state index contributed by atoms with van der Waals surface area (Å²) in [5.41, 5.74) is 6.28. The second-order valence-corrected chi connectivity index (χ2v) is 9.54. The zero-order valence-corrected chi connectivity index (χ0v) is 19.2. The van der Waals surface area contributed by atoms with Crippen molar-refractivity contribution in [2.45, 2.75) is 30.6 Å². The number of hydrogen-bond acceptors (Lipinski definition) is 10. The van der Waals surface area contributed by atoms with Crippen LogP contribution in [0.3, 0.4) is 0 Å². The number of nitrogens with zero attached hydrogens (tertiary/aromatic N) is 1. The Balaban J connectivity index is 2.07. The molecule has 12 heteroatoms. The van der Waals surface area contributed by atoms with Crippen molar-refractivity contribution in [3.63, 3.8) is 0 Å². The molecule has 34 heavy (non-hydrogen) atoms. The van der Waals surface area contributed by atoms with Gasteiger partial charge in [-0.05, 0) is 31.6 Å². The highest BCUT2D eigenvalue weighted by molar-refractivity contribution is 6.34. The van der Waals surface area contributed by atoms with Crippen molar-refractivity contribution in [2.75, 3.05) is 19.8 Å². The summed E-state index contributed by atoms with van der Waals surface area (Å²) >= 11 is 6.09. The van der Waals surface area contributed by atoms with Crippen LogP contribution in [-0.2, 0) is 9.59 Å². The summed E-state index contributed by atoms with van der Waals surface area (Å²) in [7, 11) is 2.92. The number of aliphatic hydroxyl groups is 4. The van der Waals surface area contributed by atoms with Crippen LogP contribution in [0.25, 0.3) is 0 Å². The third-order valence-electron chi connectivity index (χ3n) is 7.24. The molecule has 0 saturated heterocycles. The number of carbonyl (C=O) groups excluding carboxylic acids is 3. The first-order valence-corrected chi connectivity index (χ1v) is 10.7. The van der Waals surface area contributed by atoms with Gasteiger partial charge in [-0.3, -0.25) is 19.3 Å². The monoisotopic (exact) mass is 493 g/mol. The number of aliphatic hydroxyl groups excluding tert-OH is 3. The molecular weight excluding hydrogens is 470 g/mol. The standard InChI is InChI=1S/C22H24ClN3O8/c1-5-6-4-7(23)13(24)17(29)9(6)15(27)10-8(5)16(28)12-14(26(2)3)18(30)11(21(25)33)20(32)22(12,34)19(10)31/h4-5,8,12,14,16,28-31,34H,24H2,1-3H3,(H2,25,33)/t5-,8+,12+,14-,16-,22+/m0/s1.